The molecule has 8 heteroatoms. The Kier molecular flexibility index (Phi) is 6.30. The summed E-state index contributed by atoms with van der Waals surface area (Å²) in [5.41, 5.74) is 0.970. The normalized spacial score (nSPS) is 19.8. The van der Waals surface area contributed by atoms with Gasteiger partial charge in [-0.05, 0) is 36.2 Å². The van der Waals surface area contributed by atoms with E-state index in [-0.39, 0.29) is 17.4 Å². The van der Waals surface area contributed by atoms with Crippen molar-refractivity contribution in [2.24, 2.45) is 5.92 Å². The highest BCUT2D eigenvalue weighted by Crippen LogP contribution is 2.30. The molecule has 0 saturated carbocycles. The number of carboxylic acid groups (broad SMARTS) is 1. The zero-order chi connectivity index (χ0) is 20.1. The predicted molar refractivity (Wildman–Crippen MR) is 105 cm³/mol. The van der Waals surface area contributed by atoms with Crippen molar-refractivity contribution in [3.63, 3.8) is 0 Å². The molecule has 1 aromatic rings. The number of rotatable bonds is 5. The Morgan fingerprint density at radius 2 is 1.82 bits per heavy atom. The fraction of sp³-hybridized carbons (Fsp3) is 0.300. The van der Waals surface area contributed by atoms with Crippen LogP contribution in [0.25, 0.3) is 6.08 Å². The van der Waals surface area contributed by atoms with Gasteiger partial charge in [0.05, 0.1) is 10.8 Å². The first-order valence-corrected chi connectivity index (χ1v) is 9.75. The van der Waals surface area contributed by atoms with Crippen LogP contribution in [0.3, 0.4) is 0 Å². The van der Waals surface area contributed by atoms with Crippen molar-refractivity contribution in [1.82, 2.24) is 9.80 Å². The number of imide groups is 1. The monoisotopic (exact) mass is 400 g/mol. The Hall–Kier alpha value is -2.87. The van der Waals surface area contributed by atoms with E-state index >= 15 is 0 Å². The Bertz CT molecular complexity index is 841. The summed E-state index contributed by atoms with van der Waals surface area (Å²) in [6, 6.07) is 9.55. The van der Waals surface area contributed by atoms with Gasteiger partial charge in [-0.2, -0.15) is 0 Å². The van der Waals surface area contributed by atoms with E-state index in [9.17, 15) is 19.2 Å². The molecule has 2 aliphatic heterocycles. The maximum atomic E-state index is 12.5. The van der Waals surface area contributed by atoms with Gasteiger partial charge in [-0.15, -0.1) is 0 Å². The molecule has 0 spiro atoms. The number of hydrogen-bond donors (Lipinski definition) is 1. The van der Waals surface area contributed by atoms with Crippen molar-refractivity contribution in [2.75, 3.05) is 19.6 Å². The van der Waals surface area contributed by atoms with Gasteiger partial charge in [-0.25, -0.2) is 0 Å². The van der Waals surface area contributed by atoms with E-state index in [4.69, 9.17) is 5.11 Å². The minimum Gasteiger partial charge on any atom is -0.481 e. The molecule has 1 aromatic carbocycles. The Morgan fingerprint density at radius 3 is 2.46 bits per heavy atom. The smallest absolute Gasteiger partial charge is 0.306 e. The lowest BCUT2D eigenvalue weighted by atomic mass is 9.97. The molecule has 7 nitrogen and oxygen atoms in total. The van der Waals surface area contributed by atoms with Crippen LogP contribution in [-0.4, -0.2) is 57.6 Å². The summed E-state index contributed by atoms with van der Waals surface area (Å²) in [7, 11) is 0. The lowest BCUT2D eigenvalue weighted by molar-refractivity contribution is -0.146. The number of likely N-dealkylation sites (tertiary alicyclic amines) is 1. The maximum Gasteiger partial charge on any atom is 0.306 e. The maximum absolute atomic E-state index is 12.5. The van der Waals surface area contributed by atoms with Crippen LogP contribution in [-0.2, 0) is 14.4 Å². The number of nitrogens with zero attached hydrogens (tertiary/aromatic N) is 2. The van der Waals surface area contributed by atoms with Gasteiger partial charge in [-0.1, -0.05) is 42.5 Å². The molecule has 146 valence electrons. The average molecular weight is 400 g/mol. The molecule has 2 aliphatic rings. The van der Waals surface area contributed by atoms with Crippen LogP contribution in [0.4, 0.5) is 4.79 Å². The topological polar surface area (TPSA) is 95.0 Å². The molecular formula is C20H20N2O5S. The van der Waals surface area contributed by atoms with Gasteiger partial charge in [0.25, 0.3) is 11.1 Å². The third kappa shape index (κ3) is 4.69. The van der Waals surface area contributed by atoms with Crippen LogP contribution in [0, 0.1) is 5.92 Å². The quantitative estimate of drug-likeness (QED) is 0.764. The van der Waals surface area contributed by atoms with Crippen molar-refractivity contribution in [3.8, 4) is 0 Å². The molecule has 2 saturated heterocycles. The van der Waals surface area contributed by atoms with Gasteiger partial charge in [0, 0.05) is 13.1 Å². The van der Waals surface area contributed by atoms with Crippen LogP contribution < -0.4 is 0 Å². The molecule has 28 heavy (non-hydrogen) atoms. The van der Waals surface area contributed by atoms with E-state index in [2.05, 4.69) is 0 Å². The van der Waals surface area contributed by atoms with Gasteiger partial charge >= 0.3 is 5.97 Å². The Labute approximate surface area is 166 Å². The van der Waals surface area contributed by atoms with Crippen molar-refractivity contribution >= 4 is 40.9 Å². The number of hydrogen-bond acceptors (Lipinski definition) is 5. The zero-order valence-corrected chi connectivity index (χ0v) is 15.9. The molecule has 0 radical (unpaired) electrons. The van der Waals surface area contributed by atoms with Crippen molar-refractivity contribution < 1.29 is 24.3 Å². The number of benzene rings is 1. The number of amides is 3. The molecule has 2 heterocycles. The van der Waals surface area contributed by atoms with Crippen molar-refractivity contribution in [3.05, 3.63) is 53.0 Å². The standard InChI is InChI=1S/C20H20N2O5S/c23-17(21-11-9-15(10-12-21)19(25)26)13-22-18(24)16(28-20(22)27)8-4-7-14-5-2-1-3-6-14/h1-8,15H,9-13H2,(H,25,26)/b7-4+,16-8+. The number of allylic oxidation sites excluding steroid dienone is 2. The van der Waals surface area contributed by atoms with Crippen LogP contribution >= 0.6 is 11.8 Å². The fourth-order valence-electron chi connectivity index (χ4n) is 3.07. The number of carboxylic acids is 1. The predicted octanol–water partition coefficient (Wildman–Crippen LogP) is 2.60. The number of aliphatic carboxylic acids is 1. The SMILES string of the molecule is O=C(O)C1CCN(C(=O)CN2C(=O)S/C(=C/C=C/c3ccccc3)C2=O)CC1. The highest BCUT2D eigenvalue weighted by atomic mass is 32.2. The zero-order valence-electron chi connectivity index (χ0n) is 15.1. The molecule has 3 amide bonds. The van der Waals surface area contributed by atoms with Crippen molar-refractivity contribution in [1.29, 1.82) is 0 Å². The van der Waals surface area contributed by atoms with Gasteiger partial charge < -0.3 is 10.0 Å². The van der Waals surface area contributed by atoms with E-state index < -0.39 is 23.0 Å². The van der Waals surface area contributed by atoms with Crippen molar-refractivity contribution in [2.45, 2.75) is 12.8 Å². The first-order valence-electron chi connectivity index (χ1n) is 8.93. The average Bonchev–Trinajstić information content (AvgIpc) is 2.96. The third-order valence-electron chi connectivity index (χ3n) is 4.70. The molecule has 0 bridgehead atoms. The number of piperidine rings is 1. The number of carbonyl (C=O) groups excluding carboxylic acids is 3. The van der Waals surface area contributed by atoms with E-state index in [1.165, 1.54) is 4.90 Å². The number of carbonyl (C=O) groups is 4. The van der Waals surface area contributed by atoms with E-state index in [0.717, 1.165) is 22.2 Å². The fourth-order valence-corrected chi connectivity index (χ4v) is 3.86. The molecule has 0 aliphatic carbocycles. The minimum absolute atomic E-state index is 0.273. The first-order chi connectivity index (χ1) is 13.5. The summed E-state index contributed by atoms with van der Waals surface area (Å²) in [6.45, 7) is 0.325. The molecule has 2 fully saturated rings. The van der Waals surface area contributed by atoms with Crippen LogP contribution in [0.1, 0.15) is 18.4 Å². The summed E-state index contributed by atoms with van der Waals surface area (Å²) in [5, 5.41) is 8.55. The highest BCUT2D eigenvalue weighted by molar-refractivity contribution is 8.18. The van der Waals surface area contributed by atoms with Gasteiger partial charge in [0.1, 0.15) is 6.54 Å². The van der Waals surface area contributed by atoms with Gasteiger partial charge in [-0.3, -0.25) is 24.1 Å². The lowest BCUT2D eigenvalue weighted by Gasteiger charge is -2.30. The van der Waals surface area contributed by atoms with E-state index in [0.29, 0.717) is 25.9 Å². The van der Waals surface area contributed by atoms with Crippen LogP contribution in [0.2, 0.25) is 0 Å². The summed E-state index contributed by atoms with van der Waals surface area (Å²) >= 11 is 0.809. The third-order valence-corrected chi connectivity index (χ3v) is 5.63. The second kappa shape index (κ2) is 8.88. The molecule has 0 aromatic heterocycles. The molecule has 3 rings (SSSR count). The second-order valence-corrected chi connectivity index (χ2v) is 7.55. The van der Waals surface area contributed by atoms with Gasteiger partial charge in [0.2, 0.25) is 5.91 Å². The summed E-state index contributed by atoms with van der Waals surface area (Å²) < 4.78 is 0. The van der Waals surface area contributed by atoms with Gasteiger partial charge in [0.15, 0.2) is 0 Å². The highest BCUT2D eigenvalue weighted by Gasteiger charge is 2.37. The van der Waals surface area contributed by atoms with E-state index in [1.807, 2.05) is 36.4 Å². The van der Waals surface area contributed by atoms with Crippen LogP contribution in [0.5, 0.6) is 0 Å². The lowest BCUT2D eigenvalue weighted by Crippen LogP contribution is -2.46. The molecule has 0 atom stereocenters. The largest absolute Gasteiger partial charge is 0.481 e. The molecule has 1 N–H and O–H groups in total. The van der Waals surface area contributed by atoms with Crippen LogP contribution in [0.15, 0.2) is 47.4 Å². The Balaban J connectivity index is 1.58. The first kappa shape index (κ1) is 19.9. The molecular weight excluding hydrogens is 380 g/mol. The summed E-state index contributed by atoms with van der Waals surface area (Å²) in [6.07, 6.45) is 5.86. The second-order valence-electron chi connectivity index (χ2n) is 6.55. The molecule has 0 unspecified atom stereocenters. The van der Waals surface area contributed by atoms with E-state index in [1.54, 1.807) is 12.2 Å². The number of thioether (sulfide) groups is 1. The summed E-state index contributed by atoms with van der Waals surface area (Å²) in [4.78, 5) is 50.7. The minimum atomic E-state index is -0.855. The Morgan fingerprint density at radius 1 is 1.14 bits per heavy atom. The summed E-state index contributed by atoms with van der Waals surface area (Å²) in [5.74, 6) is -2.12.